The Balaban J connectivity index is 1.90. The number of hydrogen-bond acceptors (Lipinski definition) is 3. The van der Waals surface area contributed by atoms with Crippen molar-refractivity contribution in [3.63, 3.8) is 0 Å². The van der Waals surface area contributed by atoms with Crippen molar-refractivity contribution >= 4 is 5.69 Å². The summed E-state index contributed by atoms with van der Waals surface area (Å²) in [5, 5.41) is 10.3. The third kappa shape index (κ3) is 4.22. The highest BCUT2D eigenvalue weighted by molar-refractivity contribution is 5.41. The summed E-state index contributed by atoms with van der Waals surface area (Å²) in [5.41, 5.74) is 7.41. The molecule has 0 aliphatic carbocycles. The van der Waals surface area contributed by atoms with E-state index in [1.165, 1.54) is 25.7 Å². The first kappa shape index (κ1) is 14.4. The summed E-state index contributed by atoms with van der Waals surface area (Å²) in [6.45, 7) is 5.22. The second-order valence-electron chi connectivity index (χ2n) is 5.69. The second-order valence-corrected chi connectivity index (χ2v) is 5.69. The number of likely N-dealkylation sites (tertiary alicyclic amines) is 1. The number of anilines is 1. The first-order valence-corrected chi connectivity index (χ1v) is 7.45. The van der Waals surface area contributed by atoms with Gasteiger partial charge in [-0.15, -0.1) is 0 Å². The van der Waals surface area contributed by atoms with Crippen molar-refractivity contribution in [3.8, 4) is 0 Å². The van der Waals surface area contributed by atoms with Gasteiger partial charge in [-0.2, -0.15) is 0 Å². The maximum atomic E-state index is 10.3. The molecule has 0 aromatic heterocycles. The zero-order valence-corrected chi connectivity index (χ0v) is 11.9. The minimum atomic E-state index is -0.429. The fourth-order valence-electron chi connectivity index (χ4n) is 2.93. The van der Waals surface area contributed by atoms with Crippen LogP contribution in [-0.2, 0) is 0 Å². The molecule has 1 aliphatic heterocycles. The Morgan fingerprint density at radius 1 is 1.37 bits per heavy atom. The summed E-state index contributed by atoms with van der Waals surface area (Å²) in [7, 11) is 0. The molecular formula is C16H26N2O. The van der Waals surface area contributed by atoms with Crippen LogP contribution in [0.1, 0.15) is 44.3 Å². The topological polar surface area (TPSA) is 49.5 Å². The monoisotopic (exact) mass is 262 g/mol. The van der Waals surface area contributed by atoms with Gasteiger partial charge < -0.3 is 15.7 Å². The predicted octanol–water partition coefficient (Wildman–Crippen LogP) is 2.81. The molecule has 19 heavy (non-hydrogen) atoms. The molecule has 1 aromatic carbocycles. The first-order valence-electron chi connectivity index (χ1n) is 7.45. The lowest BCUT2D eigenvalue weighted by molar-refractivity contribution is 0.114. The van der Waals surface area contributed by atoms with Crippen molar-refractivity contribution in [1.29, 1.82) is 0 Å². The highest BCUT2D eigenvalue weighted by Gasteiger charge is 2.18. The summed E-state index contributed by atoms with van der Waals surface area (Å²) in [6.07, 6.45) is 4.71. The Morgan fingerprint density at radius 3 is 2.95 bits per heavy atom. The fraction of sp³-hybridized carbons (Fsp3) is 0.625. The lowest BCUT2D eigenvalue weighted by Gasteiger charge is -2.23. The van der Waals surface area contributed by atoms with Gasteiger partial charge in [-0.3, -0.25) is 0 Å². The van der Waals surface area contributed by atoms with Crippen molar-refractivity contribution in [3.05, 3.63) is 29.8 Å². The van der Waals surface area contributed by atoms with Crippen molar-refractivity contribution in [2.45, 2.75) is 38.7 Å². The number of nitrogens with zero attached hydrogens (tertiary/aromatic N) is 1. The molecule has 3 nitrogen and oxygen atoms in total. The van der Waals surface area contributed by atoms with E-state index in [4.69, 9.17) is 5.73 Å². The van der Waals surface area contributed by atoms with E-state index >= 15 is 0 Å². The second kappa shape index (κ2) is 6.92. The van der Waals surface area contributed by atoms with Crippen molar-refractivity contribution < 1.29 is 5.11 Å². The number of rotatable bonds is 4. The molecule has 0 saturated carbocycles. The molecule has 1 saturated heterocycles. The van der Waals surface area contributed by atoms with Crippen LogP contribution in [0.15, 0.2) is 24.3 Å². The van der Waals surface area contributed by atoms with Crippen LogP contribution < -0.4 is 5.73 Å². The highest BCUT2D eigenvalue weighted by Crippen LogP contribution is 2.23. The number of nitrogen functional groups attached to an aromatic ring is 1. The van der Waals surface area contributed by atoms with E-state index in [2.05, 4.69) is 11.8 Å². The Bertz CT molecular complexity index is 394. The van der Waals surface area contributed by atoms with Gasteiger partial charge in [0.2, 0.25) is 0 Å². The summed E-state index contributed by atoms with van der Waals surface area (Å²) in [5.74, 6) is 0.870. The average Bonchev–Trinajstić information content (AvgIpc) is 2.64. The Hall–Kier alpha value is -1.06. The summed E-state index contributed by atoms with van der Waals surface area (Å²) >= 11 is 0. The molecule has 1 aromatic rings. The van der Waals surface area contributed by atoms with E-state index in [0.717, 1.165) is 36.8 Å². The lowest BCUT2D eigenvalue weighted by atomic mass is 9.98. The average molecular weight is 262 g/mol. The van der Waals surface area contributed by atoms with Gasteiger partial charge in [0.1, 0.15) is 0 Å². The van der Waals surface area contributed by atoms with E-state index in [-0.39, 0.29) is 0 Å². The quantitative estimate of drug-likeness (QED) is 0.820. The molecule has 0 radical (unpaired) electrons. The van der Waals surface area contributed by atoms with E-state index in [1.807, 2.05) is 24.3 Å². The lowest BCUT2D eigenvalue weighted by Crippen LogP contribution is -2.29. The van der Waals surface area contributed by atoms with Gasteiger partial charge in [0, 0.05) is 12.2 Å². The van der Waals surface area contributed by atoms with E-state index in [0.29, 0.717) is 0 Å². The van der Waals surface area contributed by atoms with Crippen LogP contribution in [0.3, 0.4) is 0 Å². The van der Waals surface area contributed by atoms with Gasteiger partial charge in [-0.25, -0.2) is 0 Å². The Kier molecular flexibility index (Phi) is 5.23. The molecule has 0 amide bonds. The number of aliphatic hydroxyl groups excluding tert-OH is 1. The smallest absolute Gasteiger partial charge is 0.0917 e. The first-order chi connectivity index (χ1) is 9.19. The number of β-amino-alcohol motifs (C(OH)–C–C–N with tert-alkyl or cyclic N) is 1. The molecule has 3 heteroatoms. The van der Waals surface area contributed by atoms with Crippen LogP contribution in [0.25, 0.3) is 0 Å². The third-order valence-corrected chi connectivity index (χ3v) is 4.24. The van der Waals surface area contributed by atoms with Crippen LogP contribution in [0, 0.1) is 5.92 Å². The third-order valence-electron chi connectivity index (χ3n) is 4.24. The number of hydrogen-bond donors (Lipinski definition) is 2. The molecule has 106 valence electrons. The summed E-state index contributed by atoms with van der Waals surface area (Å²) in [4.78, 5) is 2.39. The van der Waals surface area contributed by atoms with E-state index in [9.17, 15) is 5.11 Å². The molecule has 3 N–H and O–H groups in total. The molecule has 2 rings (SSSR count). The molecule has 2 unspecified atom stereocenters. The highest BCUT2D eigenvalue weighted by atomic mass is 16.3. The van der Waals surface area contributed by atoms with Crippen molar-refractivity contribution in [2.75, 3.05) is 25.4 Å². The normalized spacial score (nSPS) is 22.9. The zero-order chi connectivity index (χ0) is 13.7. The maximum absolute atomic E-state index is 10.3. The molecule has 0 spiro atoms. The van der Waals surface area contributed by atoms with Crippen LogP contribution >= 0.6 is 0 Å². The molecule has 2 atom stereocenters. The minimum absolute atomic E-state index is 0.429. The molecule has 0 bridgehead atoms. The maximum Gasteiger partial charge on any atom is 0.0917 e. The van der Waals surface area contributed by atoms with E-state index in [1.54, 1.807) is 0 Å². The minimum Gasteiger partial charge on any atom is -0.399 e. The molecule has 1 heterocycles. The van der Waals surface area contributed by atoms with Crippen LogP contribution in [0.4, 0.5) is 5.69 Å². The van der Waals surface area contributed by atoms with Gasteiger partial charge in [0.15, 0.2) is 0 Å². The zero-order valence-electron chi connectivity index (χ0n) is 11.9. The van der Waals surface area contributed by atoms with Gasteiger partial charge in [-0.05, 0) is 56.0 Å². The largest absolute Gasteiger partial charge is 0.399 e. The standard InChI is InChI=1S/C16H26N2O/c1-2-13-5-4-9-18(10-8-13)12-16(19)14-6-3-7-15(17)11-14/h3,6-7,11,13,16,19H,2,4-5,8-10,12,17H2,1H3. The Morgan fingerprint density at radius 2 is 2.21 bits per heavy atom. The predicted molar refractivity (Wildman–Crippen MR) is 79.9 cm³/mol. The summed E-state index contributed by atoms with van der Waals surface area (Å²) < 4.78 is 0. The van der Waals surface area contributed by atoms with Gasteiger partial charge in [0.05, 0.1) is 6.10 Å². The van der Waals surface area contributed by atoms with Crippen LogP contribution in [0.5, 0.6) is 0 Å². The molecule has 1 aliphatic rings. The SMILES string of the molecule is CCC1CCCN(CC(O)c2cccc(N)c2)CC1. The number of benzene rings is 1. The molecule has 1 fully saturated rings. The van der Waals surface area contributed by atoms with Crippen LogP contribution in [-0.4, -0.2) is 29.6 Å². The van der Waals surface area contributed by atoms with Crippen molar-refractivity contribution in [2.24, 2.45) is 5.92 Å². The van der Waals surface area contributed by atoms with E-state index < -0.39 is 6.10 Å². The number of nitrogens with two attached hydrogens (primary N) is 1. The Labute approximate surface area is 116 Å². The molecular weight excluding hydrogens is 236 g/mol. The van der Waals surface area contributed by atoms with Crippen molar-refractivity contribution in [1.82, 2.24) is 4.90 Å². The summed E-state index contributed by atoms with van der Waals surface area (Å²) in [6, 6.07) is 7.59. The fourth-order valence-corrected chi connectivity index (χ4v) is 2.93. The van der Waals surface area contributed by atoms with Crippen LogP contribution in [0.2, 0.25) is 0 Å². The number of aliphatic hydroxyl groups is 1. The van der Waals surface area contributed by atoms with Gasteiger partial charge >= 0.3 is 0 Å². The van der Waals surface area contributed by atoms with Gasteiger partial charge in [0.25, 0.3) is 0 Å². The van der Waals surface area contributed by atoms with Gasteiger partial charge in [-0.1, -0.05) is 25.5 Å².